The van der Waals surface area contributed by atoms with Gasteiger partial charge in [0, 0.05) is 44.0 Å². The van der Waals surface area contributed by atoms with Crippen molar-refractivity contribution in [3.63, 3.8) is 0 Å². The molecule has 3 aromatic heterocycles. The Labute approximate surface area is 222 Å². The molecule has 1 aliphatic carbocycles. The largest absolute Gasteiger partial charge is 0.494 e. The molecule has 1 saturated heterocycles. The number of rotatable bonds is 7. The molecule has 38 heavy (non-hydrogen) atoms. The zero-order valence-electron chi connectivity index (χ0n) is 22.5. The Balaban J connectivity index is 1.43. The molecular weight excluding hydrogens is 478 g/mol. The van der Waals surface area contributed by atoms with Gasteiger partial charge < -0.3 is 24.5 Å². The SMILES string of the molecule is CC[C@@H]1CN(C(=O)c2cc(OC)c3c(c2)nc(-c2cnc(-c4ccccn4)n2CC2CC2)n3C)[C@H](C)[C@@H]1N. The molecule has 2 aliphatic rings. The summed E-state index contributed by atoms with van der Waals surface area (Å²) in [5.74, 6) is 3.15. The van der Waals surface area contributed by atoms with Crippen molar-refractivity contribution in [3.8, 4) is 28.8 Å². The predicted octanol–water partition coefficient (Wildman–Crippen LogP) is 4.12. The fourth-order valence-corrected chi connectivity index (χ4v) is 5.79. The third-order valence-corrected chi connectivity index (χ3v) is 8.33. The molecule has 3 atom stereocenters. The molecule has 2 fully saturated rings. The number of aryl methyl sites for hydroxylation is 1. The maximum atomic E-state index is 13.6. The van der Waals surface area contributed by atoms with Crippen LogP contribution >= 0.6 is 0 Å². The van der Waals surface area contributed by atoms with Crippen LogP contribution in [0.5, 0.6) is 5.75 Å². The highest BCUT2D eigenvalue weighted by Gasteiger charge is 2.39. The molecule has 1 aromatic carbocycles. The highest BCUT2D eigenvalue weighted by Crippen LogP contribution is 2.37. The van der Waals surface area contributed by atoms with Crippen molar-refractivity contribution in [2.75, 3.05) is 13.7 Å². The number of hydrogen-bond acceptors (Lipinski definition) is 6. The first kappa shape index (κ1) is 24.6. The molecule has 2 N–H and O–H groups in total. The number of aromatic nitrogens is 5. The average Bonchev–Trinajstić information content (AvgIpc) is 3.47. The predicted molar refractivity (Wildman–Crippen MR) is 147 cm³/mol. The second-order valence-corrected chi connectivity index (χ2v) is 10.7. The summed E-state index contributed by atoms with van der Waals surface area (Å²) in [6.07, 6.45) is 7.07. The van der Waals surface area contributed by atoms with Gasteiger partial charge in [0.25, 0.3) is 5.91 Å². The van der Waals surface area contributed by atoms with Gasteiger partial charge in [-0.05, 0) is 55.9 Å². The van der Waals surface area contributed by atoms with Crippen LogP contribution in [-0.4, -0.2) is 60.6 Å². The van der Waals surface area contributed by atoms with Crippen molar-refractivity contribution in [3.05, 3.63) is 48.3 Å². The van der Waals surface area contributed by atoms with Crippen LogP contribution in [0.15, 0.2) is 42.7 Å². The van der Waals surface area contributed by atoms with Gasteiger partial charge >= 0.3 is 0 Å². The number of nitrogens with two attached hydrogens (primary N) is 1. The van der Waals surface area contributed by atoms with Gasteiger partial charge in [0.15, 0.2) is 11.6 Å². The normalized spacial score (nSPS) is 21.4. The van der Waals surface area contributed by atoms with Crippen molar-refractivity contribution in [2.24, 2.45) is 24.6 Å². The fraction of sp³-hybridized carbons (Fsp3) is 0.448. The van der Waals surface area contributed by atoms with E-state index in [9.17, 15) is 4.79 Å². The first-order valence-electron chi connectivity index (χ1n) is 13.5. The summed E-state index contributed by atoms with van der Waals surface area (Å²) in [4.78, 5) is 29.9. The first-order chi connectivity index (χ1) is 18.4. The summed E-state index contributed by atoms with van der Waals surface area (Å²) < 4.78 is 10.1. The number of hydrogen-bond donors (Lipinski definition) is 1. The summed E-state index contributed by atoms with van der Waals surface area (Å²) in [6, 6.07) is 9.55. The van der Waals surface area contributed by atoms with Gasteiger partial charge in [0.05, 0.1) is 18.8 Å². The van der Waals surface area contributed by atoms with E-state index in [1.165, 1.54) is 12.8 Å². The minimum absolute atomic E-state index is 0.0175. The van der Waals surface area contributed by atoms with E-state index in [4.69, 9.17) is 20.4 Å². The number of ether oxygens (including phenoxy) is 1. The van der Waals surface area contributed by atoms with Gasteiger partial charge in [-0.3, -0.25) is 9.78 Å². The molecule has 0 unspecified atom stereocenters. The molecule has 0 spiro atoms. The third-order valence-electron chi connectivity index (χ3n) is 8.33. The zero-order valence-corrected chi connectivity index (χ0v) is 22.5. The average molecular weight is 514 g/mol. The molecule has 0 radical (unpaired) electrons. The molecule has 1 aliphatic heterocycles. The number of nitrogens with zero attached hydrogens (tertiary/aromatic N) is 6. The van der Waals surface area contributed by atoms with Crippen LogP contribution < -0.4 is 10.5 Å². The molecule has 1 amide bonds. The maximum Gasteiger partial charge on any atom is 0.254 e. The lowest BCUT2D eigenvalue weighted by molar-refractivity contribution is 0.0739. The minimum Gasteiger partial charge on any atom is -0.494 e. The second-order valence-electron chi connectivity index (χ2n) is 10.7. The van der Waals surface area contributed by atoms with Gasteiger partial charge in [0.2, 0.25) is 0 Å². The van der Waals surface area contributed by atoms with Crippen LogP contribution in [0.2, 0.25) is 0 Å². The van der Waals surface area contributed by atoms with E-state index in [0.29, 0.717) is 35.2 Å². The molecule has 4 heterocycles. The highest BCUT2D eigenvalue weighted by atomic mass is 16.5. The quantitative estimate of drug-likeness (QED) is 0.399. The van der Waals surface area contributed by atoms with Crippen molar-refractivity contribution >= 4 is 16.9 Å². The Hall–Kier alpha value is -3.72. The molecule has 6 rings (SSSR count). The molecule has 198 valence electrons. The molecule has 9 nitrogen and oxygen atoms in total. The fourth-order valence-electron chi connectivity index (χ4n) is 5.79. The number of likely N-dealkylation sites (tertiary alicyclic amines) is 1. The number of methoxy groups -OCH3 is 1. The first-order valence-corrected chi connectivity index (χ1v) is 13.5. The van der Waals surface area contributed by atoms with E-state index in [2.05, 4.69) is 16.5 Å². The summed E-state index contributed by atoms with van der Waals surface area (Å²) in [5.41, 5.74) is 10.3. The second kappa shape index (κ2) is 9.54. The number of fused-ring (bicyclic) bond motifs is 1. The number of carbonyl (C=O) groups is 1. The monoisotopic (exact) mass is 513 g/mol. The van der Waals surface area contributed by atoms with Crippen molar-refractivity contribution in [1.82, 2.24) is 29.0 Å². The number of benzene rings is 1. The molecule has 0 bridgehead atoms. The molecule has 9 heteroatoms. The van der Waals surface area contributed by atoms with Gasteiger partial charge in [-0.1, -0.05) is 19.4 Å². The smallest absolute Gasteiger partial charge is 0.254 e. The standard InChI is InChI=1S/C29H35N7O2/c1-5-19-16-35(17(2)25(19)30)29(37)20-12-22-26(24(13-20)38-4)34(3)28(33-22)23-14-32-27(21-8-6-7-11-31-21)36(23)15-18-9-10-18/h6-8,11-14,17-19,25H,5,9-10,15-16,30H2,1-4H3/t17-,19-,25+/m1/s1. The maximum absolute atomic E-state index is 13.6. The Morgan fingerprint density at radius 1 is 1.18 bits per heavy atom. The van der Waals surface area contributed by atoms with Crippen LogP contribution in [0.25, 0.3) is 34.1 Å². The summed E-state index contributed by atoms with van der Waals surface area (Å²) >= 11 is 0. The van der Waals surface area contributed by atoms with Crippen LogP contribution in [0.3, 0.4) is 0 Å². The van der Waals surface area contributed by atoms with Crippen molar-refractivity contribution in [1.29, 1.82) is 0 Å². The van der Waals surface area contributed by atoms with Crippen molar-refractivity contribution < 1.29 is 9.53 Å². The summed E-state index contributed by atoms with van der Waals surface area (Å²) in [6.45, 7) is 5.70. The zero-order chi connectivity index (χ0) is 26.6. The number of carbonyl (C=O) groups excluding carboxylic acids is 1. The van der Waals surface area contributed by atoms with Crippen molar-refractivity contribution in [2.45, 2.75) is 51.7 Å². The Morgan fingerprint density at radius 3 is 2.66 bits per heavy atom. The van der Waals surface area contributed by atoms with Gasteiger partial charge in [-0.15, -0.1) is 0 Å². The number of imidazole rings is 2. The Kier molecular flexibility index (Phi) is 6.18. The van der Waals surface area contributed by atoms with Crippen LogP contribution in [-0.2, 0) is 13.6 Å². The Bertz CT molecular complexity index is 1490. The van der Waals surface area contributed by atoms with E-state index in [-0.39, 0.29) is 18.0 Å². The minimum atomic E-state index is -0.0347. The van der Waals surface area contributed by atoms with Gasteiger partial charge in [-0.25, -0.2) is 9.97 Å². The number of amides is 1. The third kappa shape index (κ3) is 4.05. The Morgan fingerprint density at radius 2 is 2.00 bits per heavy atom. The molecule has 1 saturated carbocycles. The van der Waals surface area contributed by atoms with Crippen LogP contribution in [0.4, 0.5) is 0 Å². The molecular formula is C29H35N7O2. The lowest BCUT2D eigenvalue weighted by Gasteiger charge is -2.23. The van der Waals surface area contributed by atoms with Gasteiger partial charge in [0.1, 0.15) is 22.7 Å². The molecule has 4 aromatic rings. The van der Waals surface area contributed by atoms with E-state index >= 15 is 0 Å². The van der Waals surface area contributed by atoms with Gasteiger partial charge in [-0.2, -0.15) is 0 Å². The number of pyridine rings is 1. The van der Waals surface area contributed by atoms with Crippen LogP contribution in [0.1, 0.15) is 43.5 Å². The highest BCUT2D eigenvalue weighted by molar-refractivity contribution is 6.00. The summed E-state index contributed by atoms with van der Waals surface area (Å²) in [5, 5.41) is 0. The van der Waals surface area contributed by atoms with E-state index in [1.54, 1.807) is 13.3 Å². The summed E-state index contributed by atoms with van der Waals surface area (Å²) in [7, 11) is 3.62. The van der Waals surface area contributed by atoms with E-state index < -0.39 is 0 Å². The van der Waals surface area contributed by atoms with E-state index in [1.807, 2.05) is 60.0 Å². The topological polar surface area (TPSA) is 104 Å². The van der Waals surface area contributed by atoms with E-state index in [0.717, 1.165) is 41.5 Å². The lowest BCUT2D eigenvalue weighted by Crippen LogP contribution is -2.41. The lowest BCUT2D eigenvalue weighted by atomic mass is 9.98. The van der Waals surface area contributed by atoms with Crippen LogP contribution in [0, 0.1) is 11.8 Å².